The largest absolute Gasteiger partial charge is 0.310 e. The molecule has 0 aliphatic heterocycles. The number of nitrogens with one attached hydrogen (secondary N) is 1. The first-order chi connectivity index (χ1) is 8.70. The van der Waals surface area contributed by atoms with Gasteiger partial charge in [0.05, 0.1) is 0 Å². The van der Waals surface area contributed by atoms with Crippen LogP contribution in [0.25, 0.3) is 0 Å². The molecule has 0 amide bonds. The van der Waals surface area contributed by atoms with E-state index in [1.165, 1.54) is 42.4 Å². The lowest BCUT2D eigenvalue weighted by Crippen LogP contribution is -2.39. The van der Waals surface area contributed by atoms with Crippen molar-refractivity contribution in [3.05, 3.63) is 34.9 Å². The maximum absolute atomic E-state index is 6.07. The van der Waals surface area contributed by atoms with Crippen LogP contribution in [0.2, 0.25) is 0 Å². The lowest BCUT2D eigenvalue weighted by atomic mass is 9.85. The third-order valence-corrected chi connectivity index (χ3v) is 4.56. The average Bonchev–Trinajstić information content (AvgIpc) is 2.40. The monoisotopic (exact) mass is 265 g/mol. The van der Waals surface area contributed by atoms with Gasteiger partial charge in [-0.2, -0.15) is 0 Å². The molecule has 2 unspecified atom stereocenters. The van der Waals surface area contributed by atoms with Crippen molar-refractivity contribution in [3.63, 3.8) is 0 Å². The molecular weight excluding hydrogens is 242 g/mol. The highest BCUT2D eigenvalue weighted by molar-refractivity contribution is 6.18. The molecule has 0 bridgehead atoms. The van der Waals surface area contributed by atoms with Crippen molar-refractivity contribution in [3.8, 4) is 0 Å². The number of benzene rings is 1. The fourth-order valence-electron chi connectivity index (χ4n) is 2.89. The summed E-state index contributed by atoms with van der Waals surface area (Å²) in [6.07, 6.45) is 5.26. The van der Waals surface area contributed by atoms with E-state index >= 15 is 0 Å². The highest BCUT2D eigenvalue weighted by atomic mass is 35.5. The number of rotatable bonds is 4. The average molecular weight is 266 g/mol. The zero-order chi connectivity index (χ0) is 13.0. The Hall–Kier alpha value is -0.530. The second-order valence-corrected chi connectivity index (χ2v) is 5.92. The summed E-state index contributed by atoms with van der Waals surface area (Å²) in [7, 11) is 0. The second-order valence-electron chi connectivity index (χ2n) is 5.62. The minimum Gasteiger partial charge on any atom is -0.310 e. The SMILES string of the molecule is Cc1ccc(C)c(CNC2CCCCC2CCl)c1. The van der Waals surface area contributed by atoms with Crippen molar-refractivity contribution < 1.29 is 0 Å². The number of hydrogen-bond donors (Lipinski definition) is 1. The van der Waals surface area contributed by atoms with Gasteiger partial charge >= 0.3 is 0 Å². The van der Waals surface area contributed by atoms with Gasteiger partial charge in [0.25, 0.3) is 0 Å². The molecule has 100 valence electrons. The molecule has 1 nitrogen and oxygen atoms in total. The Balaban J connectivity index is 1.95. The molecule has 1 N–H and O–H groups in total. The summed E-state index contributed by atoms with van der Waals surface area (Å²) in [4.78, 5) is 0. The first-order valence-electron chi connectivity index (χ1n) is 7.06. The zero-order valence-electron chi connectivity index (χ0n) is 11.5. The molecule has 0 heterocycles. The van der Waals surface area contributed by atoms with E-state index in [2.05, 4.69) is 37.4 Å². The van der Waals surface area contributed by atoms with Crippen LogP contribution in [0.5, 0.6) is 0 Å². The van der Waals surface area contributed by atoms with E-state index in [0.717, 1.165) is 12.4 Å². The molecule has 1 aliphatic rings. The lowest BCUT2D eigenvalue weighted by molar-refractivity contribution is 0.282. The van der Waals surface area contributed by atoms with Crippen LogP contribution in [0.4, 0.5) is 0 Å². The normalized spacial score (nSPS) is 24.2. The first-order valence-corrected chi connectivity index (χ1v) is 7.59. The van der Waals surface area contributed by atoms with Crippen molar-refractivity contribution in [2.75, 3.05) is 5.88 Å². The molecule has 18 heavy (non-hydrogen) atoms. The van der Waals surface area contributed by atoms with Crippen molar-refractivity contribution >= 4 is 11.6 Å². The molecule has 2 rings (SSSR count). The Labute approximate surface area is 116 Å². The Kier molecular flexibility index (Phi) is 5.08. The van der Waals surface area contributed by atoms with Crippen LogP contribution >= 0.6 is 11.6 Å². The Bertz CT molecular complexity index is 389. The quantitative estimate of drug-likeness (QED) is 0.805. The molecule has 1 fully saturated rings. The van der Waals surface area contributed by atoms with Crippen LogP contribution in [0.1, 0.15) is 42.4 Å². The highest BCUT2D eigenvalue weighted by Gasteiger charge is 2.23. The third-order valence-electron chi connectivity index (χ3n) is 4.17. The summed E-state index contributed by atoms with van der Waals surface area (Å²) in [6, 6.07) is 7.30. The Morgan fingerprint density at radius 3 is 2.78 bits per heavy atom. The van der Waals surface area contributed by atoms with Gasteiger partial charge in [-0.05, 0) is 43.7 Å². The summed E-state index contributed by atoms with van der Waals surface area (Å²) < 4.78 is 0. The molecule has 2 heteroatoms. The molecule has 0 spiro atoms. The van der Waals surface area contributed by atoms with Gasteiger partial charge in [-0.1, -0.05) is 36.6 Å². The van der Waals surface area contributed by atoms with E-state index in [-0.39, 0.29) is 0 Å². The number of aryl methyl sites for hydroxylation is 2. The highest BCUT2D eigenvalue weighted by Crippen LogP contribution is 2.25. The zero-order valence-corrected chi connectivity index (χ0v) is 12.3. The molecule has 0 saturated heterocycles. The predicted molar refractivity (Wildman–Crippen MR) is 79.2 cm³/mol. The maximum atomic E-state index is 6.07. The molecule has 0 aromatic heterocycles. The number of alkyl halides is 1. The predicted octanol–water partition coefficient (Wildman–Crippen LogP) is 4.19. The molecule has 2 atom stereocenters. The lowest BCUT2D eigenvalue weighted by Gasteiger charge is -2.31. The standard InChI is InChI=1S/C16H24ClN/c1-12-7-8-13(2)15(9-12)11-18-16-6-4-3-5-14(16)10-17/h7-9,14,16,18H,3-6,10-11H2,1-2H3. The maximum Gasteiger partial charge on any atom is 0.0266 e. The van der Waals surface area contributed by atoms with Gasteiger partial charge in [-0.25, -0.2) is 0 Å². The van der Waals surface area contributed by atoms with Gasteiger partial charge in [0.2, 0.25) is 0 Å². The van der Waals surface area contributed by atoms with Crippen LogP contribution in [-0.2, 0) is 6.54 Å². The van der Waals surface area contributed by atoms with Gasteiger partial charge in [0.1, 0.15) is 0 Å². The molecule has 1 saturated carbocycles. The van der Waals surface area contributed by atoms with Crippen LogP contribution in [-0.4, -0.2) is 11.9 Å². The van der Waals surface area contributed by atoms with Gasteiger partial charge in [0, 0.05) is 18.5 Å². The van der Waals surface area contributed by atoms with E-state index in [9.17, 15) is 0 Å². The van der Waals surface area contributed by atoms with E-state index in [0.29, 0.717) is 12.0 Å². The smallest absolute Gasteiger partial charge is 0.0266 e. The topological polar surface area (TPSA) is 12.0 Å². The summed E-state index contributed by atoms with van der Waals surface area (Å²) >= 11 is 6.07. The van der Waals surface area contributed by atoms with Crippen LogP contribution < -0.4 is 5.32 Å². The van der Waals surface area contributed by atoms with Gasteiger partial charge in [-0.15, -0.1) is 11.6 Å². The van der Waals surface area contributed by atoms with Crippen LogP contribution in [0.3, 0.4) is 0 Å². The van der Waals surface area contributed by atoms with Crippen molar-refractivity contribution in [2.24, 2.45) is 5.92 Å². The van der Waals surface area contributed by atoms with Crippen molar-refractivity contribution in [1.29, 1.82) is 0 Å². The number of halogens is 1. The third kappa shape index (κ3) is 3.49. The fourth-order valence-corrected chi connectivity index (χ4v) is 3.26. The van der Waals surface area contributed by atoms with E-state index < -0.39 is 0 Å². The van der Waals surface area contributed by atoms with E-state index in [1.54, 1.807) is 0 Å². The molecule has 1 aromatic rings. The fraction of sp³-hybridized carbons (Fsp3) is 0.625. The van der Waals surface area contributed by atoms with E-state index in [4.69, 9.17) is 11.6 Å². The summed E-state index contributed by atoms with van der Waals surface area (Å²) in [5.74, 6) is 1.45. The van der Waals surface area contributed by atoms with Crippen LogP contribution in [0, 0.1) is 19.8 Å². The minimum absolute atomic E-state index is 0.608. The molecule has 1 aliphatic carbocycles. The summed E-state index contributed by atoms with van der Waals surface area (Å²) in [5, 5.41) is 3.72. The molecule has 0 radical (unpaired) electrons. The van der Waals surface area contributed by atoms with Gasteiger partial charge in [0.15, 0.2) is 0 Å². The van der Waals surface area contributed by atoms with E-state index in [1.807, 2.05) is 0 Å². The van der Waals surface area contributed by atoms with Crippen molar-refractivity contribution in [1.82, 2.24) is 5.32 Å². The summed E-state index contributed by atoms with van der Waals surface area (Å²) in [5.41, 5.74) is 4.15. The Morgan fingerprint density at radius 2 is 2.00 bits per heavy atom. The van der Waals surface area contributed by atoms with Crippen LogP contribution in [0.15, 0.2) is 18.2 Å². The minimum atomic E-state index is 0.608. The van der Waals surface area contributed by atoms with Crippen molar-refractivity contribution in [2.45, 2.75) is 52.1 Å². The molecule has 1 aromatic carbocycles. The first kappa shape index (κ1) is 13.9. The number of hydrogen-bond acceptors (Lipinski definition) is 1. The van der Waals surface area contributed by atoms with Gasteiger partial charge in [-0.3, -0.25) is 0 Å². The molecular formula is C16H24ClN. The second kappa shape index (κ2) is 6.58. The summed E-state index contributed by atoms with van der Waals surface area (Å²) in [6.45, 7) is 5.33. The van der Waals surface area contributed by atoms with Gasteiger partial charge < -0.3 is 5.32 Å². The Morgan fingerprint density at radius 1 is 1.22 bits per heavy atom.